The Morgan fingerprint density at radius 2 is 1.95 bits per heavy atom. The Kier molecular flexibility index (Phi) is 2.54. The van der Waals surface area contributed by atoms with Crippen LogP contribution in [0.2, 0.25) is 0 Å². The van der Waals surface area contributed by atoms with Crippen LogP contribution in [0.1, 0.15) is 43.4 Å². The second-order valence-corrected chi connectivity index (χ2v) is 5.85. The summed E-state index contributed by atoms with van der Waals surface area (Å²) >= 11 is 0. The van der Waals surface area contributed by atoms with Gasteiger partial charge in [-0.25, -0.2) is 0 Å². The Balaban J connectivity index is 1.86. The molecule has 1 aliphatic heterocycles. The van der Waals surface area contributed by atoms with Gasteiger partial charge in [0.2, 0.25) is 0 Å². The zero-order valence-corrected chi connectivity index (χ0v) is 11.8. The van der Waals surface area contributed by atoms with Gasteiger partial charge in [-0.3, -0.25) is 4.79 Å². The number of benzene rings is 1. The van der Waals surface area contributed by atoms with Crippen molar-refractivity contribution in [2.75, 3.05) is 27.2 Å². The average Bonchev–Trinajstić information content (AvgIpc) is 2.82. The molecule has 4 nitrogen and oxygen atoms in total. The molecule has 0 bridgehead atoms. The molecule has 4 heteroatoms. The first-order valence-corrected chi connectivity index (χ1v) is 7.32. The van der Waals surface area contributed by atoms with E-state index in [0.29, 0.717) is 23.5 Å². The van der Waals surface area contributed by atoms with Crippen molar-refractivity contribution in [3.8, 4) is 11.5 Å². The molecule has 1 fully saturated rings. The van der Waals surface area contributed by atoms with Crippen LogP contribution in [0.5, 0.6) is 11.5 Å². The average molecular weight is 297 g/mol. The van der Waals surface area contributed by atoms with E-state index in [1.807, 2.05) is 0 Å². The van der Waals surface area contributed by atoms with E-state index in [2.05, 4.69) is 5.32 Å². The molecule has 1 aromatic rings. The van der Waals surface area contributed by atoms with Crippen LogP contribution >= 0.6 is 0 Å². The van der Waals surface area contributed by atoms with Gasteiger partial charge in [-0.05, 0) is 62.4 Å². The van der Waals surface area contributed by atoms with E-state index in [1.54, 1.807) is 0 Å². The molecule has 1 atom stereocenters. The van der Waals surface area contributed by atoms with Gasteiger partial charge in [0.1, 0.15) is 0 Å². The number of ether oxygens (including phenoxy) is 2. The number of rotatable bonds is 4. The quantitative estimate of drug-likeness (QED) is 0.867. The summed E-state index contributed by atoms with van der Waals surface area (Å²) in [4.78, 5) is 12.8. The van der Waals surface area contributed by atoms with E-state index in [4.69, 9.17) is 17.7 Å². The highest BCUT2D eigenvalue weighted by Crippen LogP contribution is 2.39. The first kappa shape index (κ1) is 8.79. The minimum absolute atomic E-state index is 0.0423. The van der Waals surface area contributed by atoms with Crippen LogP contribution in [0.25, 0.3) is 0 Å². The van der Waals surface area contributed by atoms with Gasteiger partial charge >= 0.3 is 0 Å². The number of carbonyl (C=O) groups excluding carboxylic acids is 1. The van der Waals surface area contributed by atoms with Crippen LogP contribution in [-0.2, 0) is 6.42 Å². The number of fused-ring (bicyclic) bond motifs is 1. The van der Waals surface area contributed by atoms with E-state index in [9.17, 15) is 4.79 Å². The highest BCUT2D eigenvalue weighted by Gasteiger charge is 2.33. The van der Waals surface area contributed by atoms with Gasteiger partial charge in [0.05, 0.1) is 22.3 Å². The number of hydrogen-bond acceptors (Lipinski definition) is 4. The number of Topliss-reactive ketones (excluding diaryl/α,β-unsaturated/α-hetero) is 1. The number of nitrogens with one attached hydrogen (secondary N) is 1. The van der Waals surface area contributed by atoms with Crippen molar-refractivity contribution in [2.24, 2.45) is 11.8 Å². The Morgan fingerprint density at radius 1 is 1.24 bits per heavy atom. The maximum absolute atomic E-state index is 12.8. The monoisotopic (exact) mass is 297 g/mol. The fourth-order valence-corrected chi connectivity index (χ4v) is 3.45. The number of methoxy groups -OCH3 is 2. The lowest BCUT2D eigenvalue weighted by molar-refractivity contribution is 0.0913. The molecule has 1 N–H and O–H groups in total. The Morgan fingerprint density at radius 3 is 2.67 bits per heavy atom. The molecule has 21 heavy (non-hydrogen) atoms. The van der Waals surface area contributed by atoms with Crippen molar-refractivity contribution < 1.29 is 22.5 Å². The topological polar surface area (TPSA) is 47.6 Å². The Labute approximate surface area is 134 Å². The predicted molar refractivity (Wildman–Crippen MR) is 81.3 cm³/mol. The predicted octanol–water partition coefficient (Wildman–Crippen LogP) is 2.45. The third-order valence-electron chi connectivity index (χ3n) is 4.57. The molecular weight excluding hydrogens is 268 g/mol. The normalized spacial score (nSPS) is 27.6. The lowest BCUT2D eigenvalue weighted by Crippen LogP contribution is -2.29. The van der Waals surface area contributed by atoms with Gasteiger partial charge in [0, 0.05) is 11.5 Å². The summed E-state index contributed by atoms with van der Waals surface area (Å²) in [7, 11) is -5.53. The van der Waals surface area contributed by atoms with Gasteiger partial charge in [-0.1, -0.05) is 0 Å². The summed E-state index contributed by atoms with van der Waals surface area (Å²) in [6.45, 7) is 1.90. The van der Waals surface area contributed by atoms with Crippen molar-refractivity contribution in [1.29, 1.82) is 0 Å². The van der Waals surface area contributed by atoms with E-state index < -0.39 is 14.1 Å². The number of ketones is 1. The maximum atomic E-state index is 12.8. The minimum Gasteiger partial charge on any atom is -0.493 e. The lowest BCUT2D eigenvalue weighted by atomic mass is 9.86. The summed E-state index contributed by atoms with van der Waals surface area (Å²) in [6.07, 6.45) is 3.34. The second kappa shape index (κ2) is 6.06. The van der Waals surface area contributed by atoms with Gasteiger partial charge in [0.15, 0.2) is 17.3 Å². The van der Waals surface area contributed by atoms with Crippen LogP contribution in [0.4, 0.5) is 0 Å². The number of piperidine rings is 1. The zero-order valence-electron chi connectivity index (χ0n) is 17.8. The fraction of sp³-hybridized carbons (Fsp3) is 0.588. The molecule has 0 saturated carbocycles. The van der Waals surface area contributed by atoms with Gasteiger partial charge in [0.25, 0.3) is 0 Å². The maximum Gasteiger partial charge on any atom is 0.166 e. The third kappa shape index (κ3) is 2.77. The molecule has 0 amide bonds. The number of hydrogen-bond donors (Lipinski definition) is 1. The van der Waals surface area contributed by atoms with Gasteiger partial charge in [-0.2, -0.15) is 0 Å². The summed E-state index contributed by atoms with van der Waals surface area (Å²) in [6, 6.07) is 2.75. The highest BCUT2D eigenvalue weighted by molar-refractivity contribution is 6.02. The SMILES string of the molecule is [2H][13C]([2H])([2H])Oc1cc2c(cc1O[13C]([2H])([2H])[2H])C(=O)C(CC1CCNCC1)C2. The molecule has 1 aliphatic carbocycles. The highest BCUT2D eigenvalue weighted by atomic mass is 16.6. The van der Waals surface area contributed by atoms with E-state index in [-0.39, 0.29) is 23.2 Å². The smallest absolute Gasteiger partial charge is 0.166 e. The van der Waals surface area contributed by atoms with Gasteiger partial charge in [-0.15, -0.1) is 0 Å². The van der Waals surface area contributed by atoms with E-state index >= 15 is 0 Å². The number of carbonyl (C=O) groups is 1. The molecule has 0 aromatic heterocycles. The fourth-order valence-electron chi connectivity index (χ4n) is 3.45. The van der Waals surface area contributed by atoms with Crippen molar-refractivity contribution in [1.82, 2.24) is 5.32 Å². The zero-order chi connectivity index (χ0) is 19.8. The lowest BCUT2D eigenvalue weighted by Gasteiger charge is -2.24. The first-order valence-electron chi connectivity index (χ1n) is 10.3. The molecule has 114 valence electrons. The molecule has 0 radical (unpaired) electrons. The molecule has 2 aliphatic rings. The summed E-state index contributed by atoms with van der Waals surface area (Å²) in [5, 5.41) is 3.30. The molecule has 1 heterocycles. The molecule has 1 aromatic carbocycles. The van der Waals surface area contributed by atoms with Crippen LogP contribution in [-0.4, -0.2) is 32.9 Å². The third-order valence-corrected chi connectivity index (χ3v) is 4.57. The molecule has 1 unspecified atom stereocenters. The van der Waals surface area contributed by atoms with Crippen molar-refractivity contribution in [3.05, 3.63) is 23.3 Å². The summed E-state index contributed by atoms with van der Waals surface area (Å²) < 4.78 is 53.5. The second-order valence-electron chi connectivity index (χ2n) is 5.85. The first-order chi connectivity index (χ1) is 12.5. The van der Waals surface area contributed by atoms with Crippen LogP contribution < -0.4 is 14.8 Å². The van der Waals surface area contributed by atoms with E-state index in [1.165, 1.54) is 12.1 Å². The van der Waals surface area contributed by atoms with Crippen molar-refractivity contribution >= 4 is 5.78 Å². The van der Waals surface area contributed by atoms with Crippen molar-refractivity contribution in [3.63, 3.8) is 0 Å². The summed E-state index contributed by atoms with van der Waals surface area (Å²) in [5.74, 6) is -0.169. The Bertz CT molecular complexity index is 710. The van der Waals surface area contributed by atoms with Crippen molar-refractivity contribution in [2.45, 2.75) is 25.7 Å². The van der Waals surface area contributed by atoms with Crippen LogP contribution in [0.15, 0.2) is 12.1 Å². The molecule has 1 saturated heterocycles. The Hall–Kier alpha value is -1.55. The largest absolute Gasteiger partial charge is 0.493 e. The molecular formula is C17H23NO3. The van der Waals surface area contributed by atoms with Crippen LogP contribution in [0, 0.1) is 11.8 Å². The summed E-state index contributed by atoms with van der Waals surface area (Å²) in [5.41, 5.74) is 1.07. The molecule has 0 spiro atoms. The van der Waals surface area contributed by atoms with E-state index in [0.717, 1.165) is 32.4 Å². The minimum atomic E-state index is -2.78. The standard InChI is InChI=1S/C17H23NO3/c1-20-15-9-12-8-13(7-11-3-5-18-6-4-11)17(19)14(12)10-16(15)21-2/h9-11,13,18H,3-8H2,1-2H3/i1+1D3,2+1D3. The van der Waals surface area contributed by atoms with Gasteiger partial charge < -0.3 is 14.8 Å². The van der Waals surface area contributed by atoms with Crippen LogP contribution in [0.3, 0.4) is 0 Å². The molecule has 3 rings (SSSR count).